The summed E-state index contributed by atoms with van der Waals surface area (Å²) < 4.78 is 15.8. The molecule has 0 saturated heterocycles. The molecule has 0 saturated carbocycles. The lowest BCUT2D eigenvalue weighted by atomic mass is 10.1. The fourth-order valence-corrected chi connectivity index (χ4v) is 2.62. The van der Waals surface area contributed by atoms with E-state index in [-0.39, 0.29) is 18.9 Å². The number of amides is 1. The largest absolute Gasteiger partial charge is 0.493 e. The van der Waals surface area contributed by atoms with Crippen molar-refractivity contribution in [3.05, 3.63) is 52.5 Å². The summed E-state index contributed by atoms with van der Waals surface area (Å²) in [7, 11) is 4.55. The average Bonchev–Trinajstić information content (AvgIpc) is 2.65. The van der Waals surface area contributed by atoms with E-state index in [1.165, 1.54) is 21.3 Å². The van der Waals surface area contributed by atoms with E-state index in [4.69, 9.17) is 25.8 Å². The molecule has 26 heavy (non-hydrogen) atoms. The van der Waals surface area contributed by atoms with Crippen LogP contribution in [0.2, 0.25) is 5.02 Å². The second kappa shape index (κ2) is 9.31. The average molecular weight is 380 g/mol. The number of halogens is 1. The topological polar surface area (TPSA) is 77.0 Å². The van der Waals surface area contributed by atoms with Crippen molar-refractivity contribution in [2.75, 3.05) is 27.9 Å². The molecule has 0 spiro atoms. The Morgan fingerprint density at radius 3 is 2.15 bits per heavy atom. The second-order valence-electron chi connectivity index (χ2n) is 5.58. The van der Waals surface area contributed by atoms with Crippen LogP contribution >= 0.6 is 11.6 Å². The molecule has 0 aliphatic rings. The number of methoxy groups -OCH3 is 3. The third-order valence-electron chi connectivity index (χ3n) is 3.84. The first-order valence-electron chi connectivity index (χ1n) is 7.97. The number of hydrogen-bond acceptors (Lipinski definition) is 5. The number of nitrogens with one attached hydrogen (secondary N) is 1. The van der Waals surface area contributed by atoms with Gasteiger partial charge in [-0.2, -0.15) is 0 Å². The maximum absolute atomic E-state index is 12.2. The van der Waals surface area contributed by atoms with Crippen LogP contribution < -0.4 is 19.5 Å². The molecule has 0 bridgehead atoms. The Kier molecular flexibility index (Phi) is 7.12. The normalized spacial score (nSPS) is 11.6. The van der Waals surface area contributed by atoms with Gasteiger partial charge in [-0.3, -0.25) is 4.79 Å². The van der Waals surface area contributed by atoms with Crippen molar-refractivity contribution >= 4 is 17.5 Å². The molecule has 2 N–H and O–H groups in total. The molecular weight excluding hydrogens is 358 g/mol. The van der Waals surface area contributed by atoms with Crippen LogP contribution in [0.25, 0.3) is 0 Å². The molecule has 6 nitrogen and oxygen atoms in total. The molecule has 0 aliphatic carbocycles. The number of aliphatic hydroxyl groups excluding tert-OH is 1. The van der Waals surface area contributed by atoms with Crippen molar-refractivity contribution in [2.45, 2.75) is 12.5 Å². The predicted molar refractivity (Wildman–Crippen MR) is 99.2 cm³/mol. The lowest BCUT2D eigenvalue weighted by molar-refractivity contribution is -0.120. The van der Waals surface area contributed by atoms with Gasteiger partial charge in [-0.25, -0.2) is 0 Å². The molecule has 7 heteroatoms. The Hall–Kier alpha value is -2.44. The Bertz CT molecular complexity index is 723. The zero-order valence-electron chi connectivity index (χ0n) is 14.9. The molecule has 1 atom stereocenters. The summed E-state index contributed by atoms with van der Waals surface area (Å²) in [6.45, 7) is 0.102. The van der Waals surface area contributed by atoms with Crippen molar-refractivity contribution in [2.24, 2.45) is 0 Å². The third kappa shape index (κ3) is 5.03. The zero-order valence-corrected chi connectivity index (χ0v) is 15.7. The molecule has 0 fully saturated rings. The van der Waals surface area contributed by atoms with Crippen molar-refractivity contribution in [1.29, 1.82) is 0 Å². The number of aliphatic hydroxyl groups is 1. The van der Waals surface area contributed by atoms with Crippen molar-refractivity contribution in [3.8, 4) is 17.2 Å². The molecule has 2 aromatic rings. The molecule has 0 aromatic heterocycles. The predicted octanol–water partition coefficient (Wildman–Crippen LogP) is 2.76. The minimum absolute atomic E-state index is 0.102. The highest BCUT2D eigenvalue weighted by Crippen LogP contribution is 2.38. The molecular formula is C19H22ClNO5. The fraction of sp³-hybridized carbons (Fsp3) is 0.316. The van der Waals surface area contributed by atoms with Crippen LogP contribution in [-0.4, -0.2) is 38.9 Å². The molecule has 140 valence electrons. The van der Waals surface area contributed by atoms with Gasteiger partial charge >= 0.3 is 0 Å². The summed E-state index contributed by atoms with van der Waals surface area (Å²) in [4.78, 5) is 12.2. The van der Waals surface area contributed by atoms with Crippen LogP contribution in [0.15, 0.2) is 36.4 Å². The molecule has 1 amide bonds. The van der Waals surface area contributed by atoms with E-state index < -0.39 is 6.10 Å². The summed E-state index contributed by atoms with van der Waals surface area (Å²) in [5.41, 5.74) is 1.39. The van der Waals surface area contributed by atoms with Crippen molar-refractivity contribution in [1.82, 2.24) is 5.32 Å². The standard InChI is InChI=1S/C19H22ClNO5/c1-24-16-8-12(9-17(25-2)19(16)26-3)10-18(23)21-11-15(22)13-4-6-14(20)7-5-13/h4-9,15,22H,10-11H2,1-3H3,(H,21,23)/t15-/m1/s1. The molecule has 0 radical (unpaired) electrons. The number of ether oxygens (including phenoxy) is 3. The van der Waals surface area contributed by atoms with E-state index in [9.17, 15) is 9.90 Å². The van der Waals surface area contributed by atoms with Gasteiger partial charge in [-0.15, -0.1) is 0 Å². The Morgan fingerprint density at radius 2 is 1.65 bits per heavy atom. The van der Waals surface area contributed by atoms with E-state index >= 15 is 0 Å². The van der Waals surface area contributed by atoms with Gasteiger partial charge in [0.05, 0.1) is 33.9 Å². The zero-order chi connectivity index (χ0) is 19.1. The van der Waals surface area contributed by atoms with E-state index in [0.29, 0.717) is 33.4 Å². The number of benzene rings is 2. The van der Waals surface area contributed by atoms with Crippen LogP contribution in [-0.2, 0) is 11.2 Å². The maximum atomic E-state index is 12.2. The summed E-state index contributed by atoms with van der Waals surface area (Å²) in [5, 5.41) is 13.4. The Balaban J connectivity index is 2.00. The van der Waals surface area contributed by atoms with Crippen LogP contribution in [0.3, 0.4) is 0 Å². The fourth-order valence-electron chi connectivity index (χ4n) is 2.50. The first-order valence-corrected chi connectivity index (χ1v) is 8.35. The minimum atomic E-state index is -0.809. The van der Waals surface area contributed by atoms with E-state index in [1.54, 1.807) is 36.4 Å². The van der Waals surface area contributed by atoms with Crippen LogP contribution in [0, 0.1) is 0 Å². The number of hydrogen-bond donors (Lipinski definition) is 2. The van der Waals surface area contributed by atoms with E-state index in [1.807, 2.05) is 0 Å². The molecule has 0 unspecified atom stereocenters. The van der Waals surface area contributed by atoms with Crippen molar-refractivity contribution in [3.63, 3.8) is 0 Å². The third-order valence-corrected chi connectivity index (χ3v) is 4.09. The number of carbonyl (C=O) groups excluding carboxylic acids is 1. The van der Waals surface area contributed by atoms with Crippen LogP contribution in [0.4, 0.5) is 0 Å². The van der Waals surface area contributed by atoms with Gasteiger partial charge in [0.2, 0.25) is 11.7 Å². The molecule has 2 aromatic carbocycles. The highest BCUT2D eigenvalue weighted by Gasteiger charge is 2.15. The number of carbonyl (C=O) groups is 1. The summed E-state index contributed by atoms with van der Waals surface area (Å²) >= 11 is 5.82. The molecule has 2 rings (SSSR count). The molecule has 0 heterocycles. The van der Waals surface area contributed by atoms with Gasteiger partial charge in [0.25, 0.3) is 0 Å². The monoisotopic (exact) mass is 379 g/mol. The first kappa shape index (κ1) is 19.9. The summed E-state index contributed by atoms with van der Waals surface area (Å²) in [6, 6.07) is 10.3. The summed E-state index contributed by atoms with van der Waals surface area (Å²) in [6.07, 6.45) is -0.694. The van der Waals surface area contributed by atoms with Gasteiger partial charge in [0, 0.05) is 11.6 Å². The Labute approximate surface area is 157 Å². The smallest absolute Gasteiger partial charge is 0.224 e. The second-order valence-corrected chi connectivity index (χ2v) is 6.02. The Morgan fingerprint density at radius 1 is 1.08 bits per heavy atom. The van der Waals surface area contributed by atoms with Crippen LogP contribution in [0.5, 0.6) is 17.2 Å². The maximum Gasteiger partial charge on any atom is 0.224 e. The van der Waals surface area contributed by atoms with E-state index in [0.717, 1.165) is 0 Å². The minimum Gasteiger partial charge on any atom is -0.493 e. The highest BCUT2D eigenvalue weighted by molar-refractivity contribution is 6.30. The van der Waals surface area contributed by atoms with Gasteiger partial charge in [0.15, 0.2) is 11.5 Å². The SMILES string of the molecule is COc1cc(CC(=O)NC[C@@H](O)c2ccc(Cl)cc2)cc(OC)c1OC. The van der Waals surface area contributed by atoms with Gasteiger partial charge < -0.3 is 24.6 Å². The summed E-state index contributed by atoms with van der Waals surface area (Å²) in [5.74, 6) is 1.20. The van der Waals surface area contributed by atoms with Gasteiger partial charge in [-0.1, -0.05) is 23.7 Å². The lowest BCUT2D eigenvalue weighted by Gasteiger charge is -2.15. The van der Waals surface area contributed by atoms with Gasteiger partial charge in [0.1, 0.15) is 0 Å². The highest BCUT2D eigenvalue weighted by atomic mass is 35.5. The quantitative estimate of drug-likeness (QED) is 0.737. The lowest BCUT2D eigenvalue weighted by Crippen LogP contribution is -2.29. The van der Waals surface area contributed by atoms with Crippen LogP contribution in [0.1, 0.15) is 17.2 Å². The number of rotatable bonds is 8. The van der Waals surface area contributed by atoms with Gasteiger partial charge in [-0.05, 0) is 35.4 Å². The van der Waals surface area contributed by atoms with E-state index in [2.05, 4.69) is 5.32 Å². The molecule has 0 aliphatic heterocycles. The van der Waals surface area contributed by atoms with Crippen molar-refractivity contribution < 1.29 is 24.1 Å². The first-order chi connectivity index (χ1) is 12.5.